The summed E-state index contributed by atoms with van der Waals surface area (Å²) in [6.07, 6.45) is -3.35. The molecule has 1 heterocycles. The zero-order chi connectivity index (χ0) is 20.0. The van der Waals surface area contributed by atoms with Gasteiger partial charge in [0.1, 0.15) is 6.54 Å². The van der Waals surface area contributed by atoms with Gasteiger partial charge in [0.25, 0.3) is 5.56 Å². The van der Waals surface area contributed by atoms with E-state index >= 15 is 0 Å². The van der Waals surface area contributed by atoms with Crippen molar-refractivity contribution in [3.63, 3.8) is 0 Å². The molecule has 3 rings (SSSR count). The number of rotatable bonds is 4. The number of aliphatic hydroxyl groups is 1. The summed E-state index contributed by atoms with van der Waals surface area (Å²) in [7, 11) is 0. The van der Waals surface area contributed by atoms with Crippen LogP contribution in [-0.2, 0) is 23.9 Å². The maximum absolute atomic E-state index is 12.9. The minimum atomic E-state index is -4.52. The quantitative estimate of drug-likeness (QED) is 0.846. The fraction of sp³-hybridized carbons (Fsp3) is 0.500. The largest absolute Gasteiger partial charge is 0.416 e. The van der Waals surface area contributed by atoms with Crippen LogP contribution in [0.15, 0.2) is 23.0 Å². The molecule has 6 nitrogen and oxygen atoms in total. The van der Waals surface area contributed by atoms with Crippen LogP contribution in [0.5, 0.6) is 0 Å². The summed E-state index contributed by atoms with van der Waals surface area (Å²) in [5.74, 6) is -0.432. The number of benzene rings is 1. The molecule has 2 N–H and O–H groups in total. The van der Waals surface area contributed by atoms with Gasteiger partial charge in [0.05, 0.1) is 22.2 Å². The lowest BCUT2D eigenvalue weighted by Gasteiger charge is -2.41. The highest BCUT2D eigenvalue weighted by Gasteiger charge is 2.39. The normalized spacial score (nSPS) is 22.5. The minimum absolute atomic E-state index is 0.0919. The number of hydrogen-bond acceptors (Lipinski definition) is 4. The highest BCUT2D eigenvalue weighted by Crippen LogP contribution is 2.32. The average molecular weight is 383 g/mol. The van der Waals surface area contributed by atoms with Crippen molar-refractivity contribution in [2.75, 3.05) is 0 Å². The SMILES string of the molecule is CCc1nn(CC(=O)N[C@H]2C[C@@](C)(O)C2)c(=O)c2ccc(C(F)(F)F)cc12. The van der Waals surface area contributed by atoms with E-state index in [1.807, 2.05) is 0 Å². The average Bonchev–Trinajstić information content (AvgIpc) is 2.54. The number of amides is 1. The number of aromatic nitrogens is 2. The van der Waals surface area contributed by atoms with Crippen LogP contribution in [0.4, 0.5) is 13.2 Å². The third kappa shape index (κ3) is 3.97. The number of halogens is 3. The molecule has 0 unspecified atom stereocenters. The molecular weight excluding hydrogens is 363 g/mol. The number of carbonyl (C=O) groups is 1. The number of alkyl halides is 3. The summed E-state index contributed by atoms with van der Waals surface area (Å²) < 4.78 is 39.8. The molecule has 0 aliphatic heterocycles. The highest BCUT2D eigenvalue weighted by atomic mass is 19.4. The van der Waals surface area contributed by atoms with Gasteiger partial charge in [-0.3, -0.25) is 9.59 Å². The molecular formula is C18H20F3N3O3. The van der Waals surface area contributed by atoms with Crippen LogP contribution in [0.1, 0.15) is 37.9 Å². The van der Waals surface area contributed by atoms with Gasteiger partial charge >= 0.3 is 6.18 Å². The number of carbonyl (C=O) groups excluding carboxylic acids is 1. The van der Waals surface area contributed by atoms with Crippen molar-refractivity contribution in [1.29, 1.82) is 0 Å². The second kappa shape index (κ2) is 6.63. The minimum Gasteiger partial charge on any atom is -0.390 e. The molecule has 1 aromatic carbocycles. The first kappa shape index (κ1) is 19.3. The second-order valence-corrected chi connectivity index (χ2v) is 7.19. The van der Waals surface area contributed by atoms with Gasteiger partial charge in [0.2, 0.25) is 5.91 Å². The van der Waals surface area contributed by atoms with Gasteiger partial charge in [-0.1, -0.05) is 6.92 Å². The van der Waals surface area contributed by atoms with Gasteiger partial charge in [-0.05, 0) is 44.4 Å². The Morgan fingerprint density at radius 1 is 1.37 bits per heavy atom. The molecule has 0 spiro atoms. The van der Waals surface area contributed by atoms with Gasteiger partial charge in [-0.2, -0.15) is 18.3 Å². The number of aryl methyl sites for hydroxylation is 1. The van der Waals surface area contributed by atoms with Crippen molar-refractivity contribution in [3.8, 4) is 0 Å². The lowest BCUT2D eigenvalue weighted by Crippen LogP contribution is -2.54. The Morgan fingerprint density at radius 2 is 2.04 bits per heavy atom. The van der Waals surface area contributed by atoms with Crippen LogP contribution in [0.25, 0.3) is 10.8 Å². The smallest absolute Gasteiger partial charge is 0.390 e. The third-order valence-electron chi connectivity index (χ3n) is 4.73. The molecule has 2 aromatic rings. The molecule has 1 fully saturated rings. The highest BCUT2D eigenvalue weighted by molar-refractivity contribution is 5.85. The Hall–Kier alpha value is -2.42. The van der Waals surface area contributed by atoms with E-state index in [2.05, 4.69) is 10.4 Å². The fourth-order valence-corrected chi connectivity index (χ4v) is 3.41. The summed E-state index contributed by atoms with van der Waals surface area (Å²) in [6.45, 7) is 3.06. The third-order valence-corrected chi connectivity index (χ3v) is 4.73. The van der Waals surface area contributed by atoms with Gasteiger partial charge in [-0.15, -0.1) is 0 Å². The molecule has 0 bridgehead atoms. The van der Waals surface area contributed by atoms with Crippen LogP contribution in [0.2, 0.25) is 0 Å². The van der Waals surface area contributed by atoms with E-state index in [4.69, 9.17) is 0 Å². The zero-order valence-electron chi connectivity index (χ0n) is 14.9. The van der Waals surface area contributed by atoms with Gasteiger partial charge < -0.3 is 10.4 Å². The first-order valence-corrected chi connectivity index (χ1v) is 8.63. The predicted octanol–water partition coefficient (Wildman–Crippen LogP) is 2.01. The van der Waals surface area contributed by atoms with Crippen molar-refractivity contribution >= 4 is 16.7 Å². The van der Waals surface area contributed by atoms with Crippen LogP contribution in [-0.4, -0.2) is 32.4 Å². The molecule has 1 aliphatic rings. The summed E-state index contributed by atoms with van der Waals surface area (Å²) in [5, 5.41) is 16.7. The summed E-state index contributed by atoms with van der Waals surface area (Å²) in [4.78, 5) is 24.7. The van der Waals surface area contributed by atoms with Crippen LogP contribution in [0.3, 0.4) is 0 Å². The van der Waals surface area contributed by atoms with E-state index in [-0.39, 0.29) is 23.4 Å². The number of nitrogens with one attached hydrogen (secondary N) is 1. The Bertz CT molecular complexity index is 942. The number of fused-ring (bicyclic) bond motifs is 1. The van der Waals surface area contributed by atoms with Gasteiger partial charge in [-0.25, -0.2) is 4.68 Å². The zero-order valence-corrected chi connectivity index (χ0v) is 14.9. The standard InChI is InChI=1S/C18H20F3N3O3/c1-3-14-13-6-10(18(19,20)21)4-5-12(13)16(26)24(23-14)9-15(25)22-11-7-17(2,27)8-11/h4-6,11,27H,3,7-9H2,1-2H3,(H,22,25)/t11-,17+. The molecule has 0 atom stereocenters. The fourth-order valence-electron chi connectivity index (χ4n) is 3.41. The Kier molecular flexibility index (Phi) is 4.75. The molecule has 1 saturated carbocycles. The Labute approximate surface area is 153 Å². The van der Waals surface area contributed by atoms with E-state index in [1.54, 1.807) is 13.8 Å². The van der Waals surface area contributed by atoms with Crippen molar-refractivity contribution in [2.45, 2.75) is 57.5 Å². The maximum atomic E-state index is 12.9. The molecule has 9 heteroatoms. The van der Waals surface area contributed by atoms with E-state index < -0.39 is 28.8 Å². The molecule has 27 heavy (non-hydrogen) atoms. The van der Waals surface area contributed by atoms with Crippen molar-refractivity contribution < 1.29 is 23.1 Å². The van der Waals surface area contributed by atoms with Crippen molar-refractivity contribution in [1.82, 2.24) is 15.1 Å². The van der Waals surface area contributed by atoms with E-state index in [9.17, 15) is 27.9 Å². The monoisotopic (exact) mass is 383 g/mol. The van der Waals surface area contributed by atoms with Crippen LogP contribution in [0, 0.1) is 0 Å². The number of nitrogens with zero attached hydrogens (tertiary/aromatic N) is 2. The molecule has 0 saturated heterocycles. The van der Waals surface area contributed by atoms with Gasteiger partial charge in [0.15, 0.2) is 0 Å². The first-order chi connectivity index (χ1) is 12.5. The number of hydrogen-bond donors (Lipinski definition) is 2. The van der Waals surface area contributed by atoms with Crippen LogP contribution < -0.4 is 10.9 Å². The Morgan fingerprint density at radius 3 is 2.59 bits per heavy atom. The second-order valence-electron chi connectivity index (χ2n) is 7.19. The topological polar surface area (TPSA) is 84.2 Å². The van der Waals surface area contributed by atoms with Crippen LogP contribution >= 0.6 is 0 Å². The molecule has 1 amide bonds. The lowest BCUT2D eigenvalue weighted by atomic mass is 9.77. The lowest BCUT2D eigenvalue weighted by molar-refractivity contribution is -0.137. The van der Waals surface area contributed by atoms with Crippen molar-refractivity contribution in [2.24, 2.45) is 0 Å². The predicted molar refractivity (Wildman–Crippen MR) is 92.2 cm³/mol. The van der Waals surface area contributed by atoms with E-state index in [1.165, 1.54) is 0 Å². The summed E-state index contributed by atoms with van der Waals surface area (Å²) in [6, 6.07) is 2.73. The Balaban J connectivity index is 1.89. The van der Waals surface area contributed by atoms with E-state index in [0.717, 1.165) is 22.9 Å². The molecule has 1 aromatic heterocycles. The summed E-state index contributed by atoms with van der Waals surface area (Å²) in [5.41, 5.74) is -1.94. The molecule has 146 valence electrons. The maximum Gasteiger partial charge on any atom is 0.416 e. The molecule has 1 aliphatic carbocycles. The molecule has 0 radical (unpaired) electrons. The summed E-state index contributed by atoms with van der Waals surface area (Å²) >= 11 is 0. The van der Waals surface area contributed by atoms with Gasteiger partial charge in [0, 0.05) is 11.4 Å². The van der Waals surface area contributed by atoms with E-state index in [0.29, 0.717) is 25.0 Å². The first-order valence-electron chi connectivity index (χ1n) is 8.63. The van der Waals surface area contributed by atoms with Crippen molar-refractivity contribution in [3.05, 3.63) is 39.8 Å².